The molecule has 0 bridgehead atoms. The van der Waals surface area contributed by atoms with Crippen LogP contribution in [0.2, 0.25) is 0 Å². The lowest BCUT2D eigenvalue weighted by Gasteiger charge is -2.33. The lowest BCUT2D eigenvalue weighted by atomic mass is 9.72. The van der Waals surface area contributed by atoms with Crippen molar-refractivity contribution < 1.29 is 28.6 Å². The Bertz CT molecular complexity index is 1830. The summed E-state index contributed by atoms with van der Waals surface area (Å²) in [6, 6.07) is 0. The Kier molecular flexibility index (Phi) is 27.8. The standard InChI is InChI=1S/C57H88N2O6/c1-12-35-63-37-39-65-40-38-64-36-19-34-59-55(62)50(43-51(60)41-46(4)22-15-20-44(2)27-29-52-48(6)24-17-31-56(52,8)9)26-13-14-33-58-54(61)42-47(5)23-16-21-45(3)28-30-53-49(7)25-18-32-57(53,10)11/h15-16,20-23,27-30,41-42,50H,12-14,17-19,24-26,31-40,43H2,1-11H3,(H,58,61)(H,59,62)/b22-15+,23-16+,29-27+,30-28+,44-20+,45-21+,46-41+,47-42+/t50-/m1/s1. The highest BCUT2D eigenvalue weighted by Gasteiger charge is 2.27. The van der Waals surface area contributed by atoms with Crippen LogP contribution in [0.1, 0.15) is 153 Å². The first-order chi connectivity index (χ1) is 30.9. The maximum absolute atomic E-state index is 13.4. The van der Waals surface area contributed by atoms with Crippen LogP contribution in [0, 0.1) is 16.7 Å². The number of nitrogens with one attached hydrogen (secondary N) is 2. The van der Waals surface area contributed by atoms with Gasteiger partial charge in [0.2, 0.25) is 11.8 Å². The van der Waals surface area contributed by atoms with Crippen LogP contribution in [0.25, 0.3) is 0 Å². The van der Waals surface area contributed by atoms with Crippen LogP contribution in [0.15, 0.2) is 117 Å². The predicted octanol–water partition coefficient (Wildman–Crippen LogP) is 12.9. The number of carbonyl (C=O) groups excluding carboxylic acids is 3. The average Bonchev–Trinajstić information content (AvgIpc) is 3.22. The Morgan fingerprint density at radius 2 is 1.11 bits per heavy atom. The van der Waals surface area contributed by atoms with Crippen LogP contribution in [0.4, 0.5) is 0 Å². The zero-order valence-electron chi connectivity index (χ0n) is 42.6. The van der Waals surface area contributed by atoms with Crippen LogP contribution in [0.5, 0.6) is 0 Å². The largest absolute Gasteiger partial charge is 0.379 e. The molecule has 0 heterocycles. The number of hydrogen-bond acceptors (Lipinski definition) is 6. The van der Waals surface area contributed by atoms with Crippen molar-refractivity contribution in [1.82, 2.24) is 10.6 Å². The van der Waals surface area contributed by atoms with E-state index < -0.39 is 5.92 Å². The molecule has 0 aliphatic heterocycles. The third-order valence-corrected chi connectivity index (χ3v) is 12.2. The van der Waals surface area contributed by atoms with E-state index in [1.165, 1.54) is 54.4 Å². The molecule has 2 N–H and O–H groups in total. The molecule has 65 heavy (non-hydrogen) atoms. The summed E-state index contributed by atoms with van der Waals surface area (Å²) < 4.78 is 16.6. The number of ether oxygens (including phenoxy) is 3. The molecule has 0 aromatic heterocycles. The molecule has 0 saturated heterocycles. The minimum atomic E-state index is -0.474. The maximum atomic E-state index is 13.4. The second-order valence-corrected chi connectivity index (χ2v) is 19.5. The molecule has 0 fully saturated rings. The van der Waals surface area contributed by atoms with Gasteiger partial charge >= 0.3 is 0 Å². The van der Waals surface area contributed by atoms with Crippen molar-refractivity contribution in [3.63, 3.8) is 0 Å². The van der Waals surface area contributed by atoms with E-state index in [9.17, 15) is 14.4 Å². The quantitative estimate of drug-likeness (QED) is 0.0423. The van der Waals surface area contributed by atoms with Crippen molar-refractivity contribution in [3.05, 3.63) is 117 Å². The van der Waals surface area contributed by atoms with Crippen molar-refractivity contribution >= 4 is 17.6 Å². The first-order valence-corrected chi connectivity index (χ1v) is 24.6. The highest BCUT2D eigenvalue weighted by molar-refractivity contribution is 5.94. The van der Waals surface area contributed by atoms with Crippen molar-refractivity contribution in [2.45, 2.75) is 153 Å². The summed E-state index contributed by atoms with van der Waals surface area (Å²) in [4.78, 5) is 39.4. The molecule has 2 amide bonds. The van der Waals surface area contributed by atoms with E-state index in [1.54, 1.807) is 12.2 Å². The second kappa shape index (κ2) is 31.7. The van der Waals surface area contributed by atoms with E-state index in [2.05, 4.69) is 109 Å². The fourth-order valence-corrected chi connectivity index (χ4v) is 8.44. The first kappa shape index (κ1) is 57.0. The Balaban J connectivity index is 1.92. The lowest BCUT2D eigenvalue weighted by molar-refractivity contribution is -0.128. The summed E-state index contributed by atoms with van der Waals surface area (Å²) in [6.07, 6.45) is 35.1. The predicted molar refractivity (Wildman–Crippen MR) is 273 cm³/mol. The maximum Gasteiger partial charge on any atom is 0.244 e. The number of allylic oxidation sites excluding steroid dienone is 19. The number of ketones is 1. The SMILES string of the molecule is CCCOCCOCCOCCCNC(=O)[C@H](CCCCNC(=O)/C=C(C)/C=C/C=C(C)/C=C/C1=C(C)CCCC1(C)C)CC(=O)/C=C(C)/C=C/C=C(C)/C=C/C1=C(C)CCCC1(C)C. The molecule has 2 rings (SSSR count). The minimum absolute atomic E-state index is 0.0815. The zero-order chi connectivity index (χ0) is 48.1. The van der Waals surface area contributed by atoms with Gasteiger partial charge < -0.3 is 24.8 Å². The van der Waals surface area contributed by atoms with Gasteiger partial charge in [-0.25, -0.2) is 0 Å². The van der Waals surface area contributed by atoms with Gasteiger partial charge in [-0.3, -0.25) is 14.4 Å². The molecule has 1 atom stereocenters. The number of unbranched alkanes of at least 4 members (excludes halogenated alkanes) is 1. The number of amides is 2. The molecule has 0 aromatic carbocycles. The van der Waals surface area contributed by atoms with Gasteiger partial charge in [0.15, 0.2) is 5.78 Å². The van der Waals surface area contributed by atoms with Gasteiger partial charge in [-0.1, -0.05) is 124 Å². The highest BCUT2D eigenvalue weighted by atomic mass is 16.5. The van der Waals surface area contributed by atoms with E-state index in [0.29, 0.717) is 71.8 Å². The van der Waals surface area contributed by atoms with Crippen molar-refractivity contribution in [2.75, 3.05) is 52.7 Å². The summed E-state index contributed by atoms with van der Waals surface area (Å²) in [5, 5.41) is 6.01. The summed E-state index contributed by atoms with van der Waals surface area (Å²) in [5.41, 5.74) is 10.2. The van der Waals surface area contributed by atoms with Crippen LogP contribution in [-0.4, -0.2) is 70.3 Å². The molecule has 0 unspecified atom stereocenters. The Morgan fingerprint density at radius 1 is 0.615 bits per heavy atom. The van der Waals surface area contributed by atoms with Gasteiger partial charge in [0, 0.05) is 44.7 Å². The van der Waals surface area contributed by atoms with Crippen LogP contribution in [-0.2, 0) is 28.6 Å². The van der Waals surface area contributed by atoms with Crippen LogP contribution in [0.3, 0.4) is 0 Å². The average molecular weight is 897 g/mol. The molecule has 0 aromatic rings. The summed E-state index contributed by atoms with van der Waals surface area (Å²) in [7, 11) is 0. The minimum Gasteiger partial charge on any atom is -0.379 e. The van der Waals surface area contributed by atoms with Gasteiger partial charge in [-0.2, -0.15) is 0 Å². The number of rotatable bonds is 30. The molecule has 8 nitrogen and oxygen atoms in total. The third kappa shape index (κ3) is 24.8. The Morgan fingerprint density at radius 3 is 1.63 bits per heavy atom. The second-order valence-electron chi connectivity index (χ2n) is 19.5. The smallest absolute Gasteiger partial charge is 0.244 e. The van der Waals surface area contributed by atoms with E-state index in [0.717, 1.165) is 41.7 Å². The topological polar surface area (TPSA) is 103 Å². The summed E-state index contributed by atoms with van der Waals surface area (Å²) in [6.45, 7) is 28.2. The molecule has 362 valence electrons. The van der Waals surface area contributed by atoms with Gasteiger partial charge in [0.1, 0.15) is 0 Å². The molecule has 0 spiro atoms. The summed E-state index contributed by atoms with van der Waals surface area (Å²) in [5.74, 6) is -0.837. The zero-order valence-corrected chi connectivity index (χ0v) is 42.6. The first-order valence-electron chi connectivity index (χ1n) is 24.6. The van der Waals surface area contributed by atoms with Crippen molar-refractivity contribution in [2.24, 2.45) is 16.7 Å². The van der Waals surface area contributed by atoms with Gasteiger partial charge in [-0.15, -0.1) is 0 Å². The number of carbonyl (C=O) groups is 3. The van der Waals surface area contributed by atoms with Crippen molar-refractivity contribution in [1.29, 1.82) is 0 Å². The summed E-state index contributed by atoms with van der Waals surface area (Å²) >= 11 is 0. The van der Waals surface area contributed by atoms with E-state index in [-0.39, 0.29) is 34.8 Å². The van der Waals surface area contributed by atoms with E-state index >= 15 is 0 Å². The fraction of sp³-hybridized carbons (Fsp3) is 0.596. The fourth-order valence-electron chi connectivity index (χ4n) is 8.44. The number of hydrogen-bond donors (Lipinski definition) is 2. The Labute approximate surface area is 395 Å². The highest BCUT2D eigenvalue weighted by Crippen LogP contribution is 2.42. The van der Waals surface area contributed by atoms with Crippen molar-refractivity contribution in [3.8, 4) is 0 Å². The molecule has 0 radical (unpaired) electrons. The molecule has 2 aliphatic carbocycles. The van der Waals surface area contributed by atoms with E-state index in [1.807, 2.05) is 38.2 Å². The monoisotopic (exact) mass is 897 g/mol. The van der Waals surface area contributed by atoms with Gasteiger partial charge in [0.05, 0.1) is 26.4 Å². The van der Waals surface area contributed by atoms with Gasteiger partial charge in [-0.05, 0) is 145 Å². The normalized spacial score (nSPS) is 18.2. The van der Waals surface area contributed by atoms with Gasteiger partial charge in [0.25, 0.3) is 0 Å². The van der Waals surface area contributed by atoms with Crippen LogP contribution < -0.4 is 10.6 Å². The molecule has 8 heteroatoms. The molecule has 0 saturated carbocycles. The Hall–Kier alpha value is -4.11. The lowest BCUT2D eigenvalue weighted by Crippen LogP contribution is -2.33. The molecular weight excluding hydrogens is 809 g/mol. The third-order valence-electron chi connectivity index (χ3n) is 12.2. The van der Waals surface area contributed by atoms with E-state index in [4.69, 9.17) is 14.2 Å². The molecular formula is C57H88N2O6. The van der Waals surface area contributed by atoms with Crippen LogP contribution >= 0.6 is 0 Å². The molecule has 2 aliphatic rings.